The average molecular weight is 253 g/mol. The molecule has 0 saturated carbocycles. The van der Waals surface area contributed by atoms with Crippen molar-refractivity contribution in [2.75, 3.05) is 18.9 Å². The van der Waals surface area contributed by atoms with Gasteiger partial charge in [-0.3, -0.25) is 0 Å². The van der Waals surface area contributed by atoms with Crippen molar-refractivity contribution in [1.29, 1.82) is 0 Å². The maximum absolute atomic E-state index is 8.90. The Morgan fingerprint density at radius 2 is 2.00 bits per heavy atom. The minimum Gasteiger partial charge on any atom is -0.396 e. The zero-order valence-electron chi connectivity index (χ0n) is 10.7. The van der Waals surface area contributed by atoms with Crippen LogP contribution in [0.25, 0.3) is 0 Å². The third-order valence-corrected chi connectivity index (χ3v) is 3.93. The van der Waals surface area contributed by atoms with Crippen molar-refractivity contribution < 1.29 is 5.11 Å². The highest BCUT2D eigenvalue weighted by atomic mass is 32.2. The van der Waals surface area contributed by atoms with Gasteiger partial charge in [-0.15, -0.1) is 0 Å². The Morgan fingerprint density at radius 1 is 1.29 bits per heavy atom. The van der Waals surface area contributed by atoms with Crippen LogP contribution in [-0.2, 0) is 0 Å². The highest BCUT2D eigenvalue weighted by Crippen LogP contribution is 2.26. The zero-order chi connectivity index (χ0) is 12.5. The van der Waals surface area contributed by atoms with Crippen LogP contribution in [-0.4, -0.2) is 29.3 Å². The lowest BCUT2D eigenvalue weighted by molar-refractivity contribution is 0.322. The fourth-order valence-corrected chi connectivity index (χ4v) is 2.77. The number of nitrogens with one attached hydrogen (secondary N) is 1. The highest BCUT2D eigenvalue weighted by molar-refractivity contribution is 7.99. The Kier molecular flexibility index (Phi) is 7.33. The molecule has 1 rings (SSSR count). The van der Waals surface area contributed by atoms with Crippen LogP contribution in [0.5, 0.6) is 0 Å². The summed E-state index contributed by atoms with van der Waals surface area (Å²) in [6.07, 6.45) is 1.14. The largest absolute Gasteiger partial charge is 0.396 e. The second-order valence-electron chi connectivity index (χ2n) is 4.14. The third-order valence-electron chi connectivity index (χ3n) is 2.71. The molecule has 2 unspecified atom stereocenters. The molecule has 0 radical (unpaired) electrons. The molecule has 0 spiro atoms. The molecule has 3 heteroatoms. The fourth-order valence-electron chi connectivity index (χ4n) is 1.85. The second kappa shape index (κ2) is 8.56. The molecule has 0 saturated heterocycles. The number of hydrogen-bond donors (Lipinski definition) is 2. The van der Waals surface area contributed by atoms with Gasteiger partial charge in [-0.1, -0.05) is 44.2 Å². The Labute approximate surface area is 109 Å². The summed E-state index contributed by atoms with van der Waals surface area (Å²) in [6.45, 7) is 5.69. The minimum atomic E-state index is 0.254. The number of aliphatic hydroxyl groups excluding tert-OH is 1. The Hall–Kier alpha value is -0.510. The Bertz CT molecular complexity index is 292. The van der Waals surface area contributed by atoms with E-state index in [0.717, 1.165) is 18.7 Å². The van der Waals surface area contributed by atoms with Crippen LogP contribution in [0, 0.1) is 0 Å². The first-order valence-corrected chi connectivity index (χ1v) is 7.35. The van der Waals surface area contributed by atoms with Gasteiger partial charge in [0.05, 0.1) is 6.61 Å². The Morgan fingerprint density at radius 3 is 2.59 bits per heavy atom. The molecular weight excluding hydrogens is 230 g/mol. The third kappa shape index (κ3) is 5.11. The molecule has 0 heterocycles. The standard InChI is InChI=1S/C14H23NOS/c1-3-9-15-14(12(2)17-11-10-16)13-7-5-4-6-8-13/h4-8,12,14-16H,3,9-11H2,1-2H3. The molecule has 0 fully saturated rings. The molecule has 96 valence electrons. The van der Waals surface area contributed by atoms with E-state index in [-0.39, 0.29) is 6.61 Å². The van der Waals surface area contributed by atoms with Gasteiger partial charge in [0, 0.05) is 17.0 Å². The predicted molar refractivity (Wildman–Crippen MR) is 76.5 cm³/mol. The lowest BCUT2D eigenvalue weighted by atomic mass is 10.0. The molecule has 0 aliphatic carbocycles. The second-order valence-corrected chi connectivity index (χ2v) is 5.63. The molecule has 0 aromatic heterocycles. The Balaban J connectivity index is 2.66. The first-order chi connectivity index (χ1) is 8.29. The van der Waals surface area contributed by atoms with Crippen LogP contribution in [0.2, 0.25) is 0 Å². The maximum atomic E-state index is 8.90. The number of thioether (sulfide) groups is 1. The molecule has 0 bridgehead atoms. The van der Waals surface area contributed by atoms with Gasteiger partial charge < -0.3 is 10.4 Å². The maximum Gasteiger partial charge on any atom is 0.0521 e. The summed E-state index contributed by atoms with van der Waals surface area (Å²) in [4.78, 5) is 0. The average Bonchev–Trinajstić information content (AvgIpc) is 2.38. The predicted octanol–water partition coefficient (Wildman–Crippen LogP) is 2.84. The van der Waals surface area contributed by atoms with Crippen molar-refractivity contribution in [3.63, 3.8) is 0 Å². The number of hydrogen-bond acceptors (Lipinski definition) is 3. The fraction of sp³-hybridized carbons (Fsp3) is 0.571. The van der Waals surface area contributed by atoms with Gasteiger partial charge in [-0.25, -0.2) is 0 Å². The van der Waals surface area contributed by atoms with Crippen LogP contribution >= 0.6 is 11.8 Å². The van der Waals surface area contributed by atoms with Crippen molar-refractivity contribution >= 4 is 11.8 Å². The van der Waals surface area contributed by atoms with Crippen LogP contribution in [0.15, 0.2) is 30.3 Å². The first kappa shape index (κ1) is 14.6. The monoisotopic (exact) mass is 253 g/mol. The summed E-state index contributed by atoms with van der Waals surface area (Å²) in [6, 6.07) is 10.9. The van der Waals surface area contributed by atoms with Crippen molar-refractivity contribution in [2.24, 2.45) is 0 Å². The van der Waals surface area contributed by atoms with Crippen molar-refractivity contribution in [3.05, 3.63) is 35.9 Å². The normalized spacial score (nSPS) is 14.5. The van der Waals surface area contributed by atoms with Gasteiger partial charge in [0.1, 0.15) is 0 Å². The van der Waals surface area contributed by atoms with E-state index in [0.29, 0.717) is 11.3 Å². The van der Waals surface area contributed by atoms with Gasteiger partial charge in [-0.2, -0.15) is 11.8 Å². The summed E-state index contributed by atoms with van der Waals surface area (Å²) >= 11 is 1.82. The molecule has 0 aliphatic heterocycles. The molecule has 2 nitrogen and oxygen atoms in total. The van der Waals surface area contributed by atoms with Gasteiger partial charge >= 0.3 is 0 Å². The molecule has 2 N–H and O–H groups in total. The van der Waals surface area contributed by atoms with E-state index in [1.165, 1.54) is 5.56 Å². The lowest BCUT2D eigenvalue weighted by Crippen LogP contribution is -2.29. The van der Waals surface area contributed by atoms with Gasteiger partial charge in [0.2, 0.25) is 0 Å². The molecule has 0 amide bonds. The van der Waals surface area contributed by atoms with Crippen LogP contribution in [0.3, 0.4) is 0 Å². The summed E-state index contributed by atoms with van der Waals surface area (Å²) in [5.74, 6) is 0.804. The molecular formula is C14H23NOS. The van der Waals surface area contributed by atoms with E-state index in [1.54, 1.807) is 0 Å². The van der Waals surface area contributed by atoms with Gasteiger partial charge in [0.25, 0.3) is 0 Å². The van der Waals surface area contributed by atoms with E-state index in [4.69, 9.17) is 5.11 Å². The lowest BCUT2D eigenvalue weighted by Gasteiger charge is -2.25. The number of rotatable bonds is 8. The summed E-state index contributed by atoms with van der Waals surface area (Å²) < 4.78 is 0. The summed E-state index contributed by atoms with van der Waals surface area (Å²) in [7, 11) is 0. The molecule has 1 aromatic rings. The number of aliphatic hydroxyl groups is 1. The summed E-state index contributed by atoms with van der Waals surface area (Å²) in [5, 5.41) is 13.0. The van der Waals surface area contributed by atoms with E-state index >= 15 is 0 Å². The minimum absolute atomic E-state index is 0.254. The van der Waals surface area contributed by atoms with E-state index in [1.807, 2.05) is 17.8 Å². The molecule has 0 aliphatic rings. The van der Waals surface area contributed by atoms with E-state index in [9.17, 15) is 0 Å². The molecule has 1 aromatic carbocycles. The topological polar surface area (TPSA) is 32.3 Å². The molecule has 2 atom stereocenters. The number of benzene rings is 1. The summed E-state index contributed by atoms with van der Waals surface area (Å²) in [5.41, 5.74) is 1.33. The smallest absolute Gasteiger partial charge is 0.0521 e. The first-order valence-electron chi connectivity index (χ1n) is 6.30. The van der Waals surface area contributed by atoms with Gasteiger partial charge in [0.15, 0.2) is 0 Å². The van der Waals surface area contributed by atoms with E-state index in [2.05, 4.69) is 43.4 Å². The van der Waals surface area contributed by atoms with Crippen molar-refractivity contribution in [1.82, 2.24) is 5.32 Å². The van der Waals surface area contributed by atoms with Crippen LogP contribution in [0.1, 0.15) is 31.9 Å². The SMILES string of the molecule is CCCNC(c1ccccc1)C(C)SCCO. The zero-order valence-corrected chi connectivity index (χ0v) is 11.5. The van der Waals surface area contributed by atoms with Crippen molar-refractivity contribution in [3.8, 4) is 0 Å². The van der Waals surface area contributed by atoms with Gasteiger partial charge in [-0.05, 0) is 18.5 Å². The molecule has 17 heavy (non-hydrogen) atoms. The van der Waals surface area contributed by atoms with Crippen molar-refractivity contribution in [2.45, 2.75) is 31.6 Å². The quantitative estimate of drug-likeness (QED) is 0.747. The highest BCUT2D eigenvalue weighted by Gasteiger charge is 2.18. The van der Waals surface area contributed by atoms with Crippen LogP contribution in [0.4, 0.5) is 0 Å². The van der Waals surface area contributed by atoms with Crippen LogP contribution < -0.4 is 5.32 Å². The van der Waals surface area contributed by atoms with E-state index < -0.39 is 0 Å².